The topological polar surface area (TPSA) is 133 Å². The van der Waals surface area contributed by atoms with E-state index in [0.717, 1.165) is 13.8 Å². The normalized spacial score (nSPS) is 17.8. The molecule has 0 spiro atoms. The van der Waals surface area contributed by atoms with Gasteiger partial charge in [-0.3, -0.25) is 0 Å². The molecule has 1 unspecified atom stereocenters. The third-order valence-electron chi connectivity index (χ3n) is 4.49. The summed E-state index contributed by atoms with van der Waals surface area (Å²) in [4.78, 5) is 35.5. The molecule has 0 saturated heterocycles. The van der Waals surface area contributed by atoms with Gasteiger partial charge in [0, 0.05) is 12.5 Å². The van der Waals surface area contributed by atoms with E-state index in [4.69, 9.17) is 4.74 Å². The first-order valence-electron chi connectivity index (χ1n) is 10.3. The molecule has 0 fully saturated rings. The molecule has 2 atom stereocenters. The molecule has 0 saturated carbocycles. The van der Waals surface area contributed by atoms with E-state index in [-0.39, 0.29) is 31.4 Å². The molecular weight excluding hydrogens is 586 g/mol. The Morgan fingerprint density at radius 1 is 1.08 bits per heavy atom. The van der Waals surface area contributed by atoms with Gasteiger partial charge >= 0.3 is 28.5 Å². The van der Waals surface area contributed by atoms with Crippen LogP contribution >= 0.6 is 10.2 Å². The summed E-state index contributed by atoms with van der Waals surface area (Å²) >= 11 is 0. The lowest BCUT2D eigenvalue weighted by atomic mass is 9.99. The van der Waals surface area contributed by atoms with Gasteiger partial charge in [-0.15, -0.1) is 10.1 Å². The number of benzene rings is 1. The lowest BCUT2D eigenvalue weighted by Gasteiger charge is -2.41. The molecule has 20 heteroatoms. The maximum absolute atomic E-state index is 13.6. The Balaban J connectivity index is 2.12. The highest BCUT2D eigenvalue weighted by molar-refractivity contribution is 8.45. The predicted molar refractivity (Wildman–Crippen MR) is 113 cm³/mol. The fourth-order valence-electron chi connectivity index (χ4n) is 2.96. The number of carbonyl (C=O) groups is 2. The van der Waals surface area contributed by atoms with Gasteiger partial charge < -0.3 is 28.5 Å². The number of rotatable bonds is 11. The smallest absolute Gasteiger partial charge is 0.475 e. The van der Waals surface area contributed by atoms with Gasteiger partial charge in [-0.05, 0) is 30.7 Å². The average molecular weight is 605 g/mol. The van der Waals surface area contributed by atoms with Gasteiger partial charge in [-0.1, -0.05) is 19.4 Å². The van der Waals surface area contributed by atoms with Crippen molar-refractivity contribution in [2.45, 2.75) is 37.3 Å². The fraction of sp³-hybridized carbons (Fsp3) is 0.474. The number of hydrogen-bond donors (Lipinski definition) is 0. The van der Waals surface area contributed by atoms with Crippen LogP contribution in [0.2, 0.25) is 0 Å². The maximum atomic E-state index is 13.6. The first kappa shape index (κ1) is 31.7. The molecule has 0 aromatic heterocycles. The van der Waals surface area contributed by atoms with E-state index in [1.165, 1.54) is 0 Å². The van der Waals surface area contributed by atoms with Gasteiger partial charge in [0.15, 0.2) is 0 Å². The predicted octanol–water partition coefficient (Wildman–Crippen LogP) is 5.63. The number of fused-ring (bicyclic) bond motifs is 1. The highest BCUT2D eigenvalue weighted by Crippen LogP contribution is 3.02. The van der Waals surface area contributed by atoms with Crippen molar-refractivity contribution in [2.24, 2.45) is 0 Å². The van der Waals surface area contributed by atoms with Crippen molar-refractivity contribution in [1.29, 1.82) is 0 Å². The molecule has 0 N–H and O–H groups in total. The summed E-state index contributed by atoms with van der Waals surface area (Å²) < 4.78 is 130. The number of carbonyl (C=O) groups excluding carboxylic acids is 2. The SMILES string of the molecule is Cc1cc(S(F)(F)(F)(F)F)cc2c1O[C@H](C(F)(F)F)C(C(=O)OC(C)OC(=O)OCCOCCO[N+](=O)[O-])=C2. The second-order valence-electron chi connectivity index (χ2n) is 7.63. The zero-order valence-electron chi connectivity index (χ0n) is 19.7. The average Bonchev–Trinajstić information content (AvgIpc) is 2.75. The number of hydrogen-bond acceptors (Lipinski definition) is 10. The van der Waals surface area contributed by atoms with Crippen LogP contribution in [-0.4, -0.2) is 62.2 Å². The zero-order valence-corrected chi connectivity index (χ0v) is 20.5. The van der Waals surface area contributed by atoms with Crippen molar-refractivity contribution in [3.05, 3.63) is 38.9 Å². The molecule has 0 aliphatic carbocycles. The van der Waals surface area contributed by atoms with Crippen LogP contribution in [0.5, 0.6) is 5.75 Å². The quantitative estimate of drug-likeness (QED) is 0.0781. The molecular formula is C19H19F8NO10S. The Morgan fingerprint density at radius 3 is 2.26 bits per heavy atom. The van der Waals surface area contributed by atoms with E-state index >= 15 is 0 Å². The summed E-state index contributed by atoms with van der Waals surface area (Å²) in [6.07, 6.45) is -11.5. The fourth-order valence-corrected chi connectivity index (χ4v) is 3.71. The van der Waals surface area contributed by atoms with Crippen molar-refractivity contribution in [2.75, 3.05) is 26.4 Å². The van der Waals surface area contributed by atoms with Gasteiger partial charge in [0.1, 0.15) is 23.9 Å². The summed E-state index contributed by atoms with van der Waals surface area (Å²) in [6, 6.07) is -0.232. The second kappa shape index (κ2) is 10.5. The minimum atomic E-state index is -10.3. The summed E-state index contributed by atoms with van der Waals surface area (Å²) in [5.74, 6) is -2.67. The van der Waals surface area contributed by atoms with Gasteiger partial charge in [-0.2, -0.15) is 13.2 Å². The summed E-state index contributed by atoms with van der Waals surface area (Å²) in [5.41, 5.74) is -3.02. The number of halogens is 8. The summed E-state index contributed by atoms with van der Waals surface area (Å²) in [5, 5.41) is 8.87. The van der Waals surface area contributed by atoms with E-state index in [9.17, 15) is 52.3 Å². The molecule has 0 amide bonds. The van der Waals surface area contributed by atoms with Gasteiger partial charge in [0.25, 0.3) is 5.09 Å². The van der Waals surface area contributed by atoms with E-state index in [1.807, 2.05) is 0 Å². The monoisotopic (exact) mass is 605 g/mol. The number of alkyl halides is 3. The van der Waals surface area contributed by atoms with E-state index in [1.54, 1.807) is 0 Å². The van der Waals surface area contributed by atoms with Crippen molar-refractivity contribution < 1.29 is 75.8 Å². The minimum absolute atomic E-state index is 0.0715. The Kier molecular flexibility index (Phi) is 8.56. The third-order valence-corrected chi connectivity index (χ3v) is 5.62. The molecule has 1 aromatic carbocycles. The Bertz CT molecular complexity index is 1160. The van der Waals surface area contributed by atoms with E-state index in [2.05, 4.69) is 23.8 Å². The minimum Gasteiger partial charge on any atom is -0.475 e. The van der Waals surface area contributed by atoms with Crippen LogP contribution < -0.4 is 4.74 Å². The van der Waals surface area contributed by atoms with Crippen LogP contribution in [0.15, 0.2) is 22.6 Å². The van der Waals surface area contributed by atoms with Crippen LogP contribution in [0, 0.1) is 17.0 Å². The van der Waals surface area contributed by atoms with E-state index < -0.39 is 86.6 Å². The molecule has 1 aliphatic rings. The lowest BCUT2D eigenvalue weighted by Crippen LogP contribution is -2.41. The molecule has 0 radical (unpaired) electrons. The van der Waals surface area contributed by atoms with Crippen LogP contribution in [-0.2, 0) is 28.6 Å². The Morgan fingerprint density at radius 2 is 1.69 bits per heavy atom. The molecule has 0 bridgehead atoms. The van der Waals surface area contributed by atoms with E-state index in [0.29, 0.717) is 0 Å². The zero-order chi connectivity index (χ0) is 29.9. The molecule has 1 aliphatic heterocycles. The van der Waals surface area contributed by atoms with Crippen LogP contribution in [0.3, 0.4) is 0 Å². The Labute approximate surface area is 213 Å². The molecule has 1 heterocycles. The van der Waals surface area contributed by atoms with Gasteiger partial charge in [0.2, 0.25) is 12.4 Å². The number of aryl methyl sites for hydroxylation is 1. The first-order chi connectivity index (χ1) is 17.6. The van der Waals surface area contributed by atoms with Crippen molar-refractivity contribution in [3.63, 3.8) is 0 Å². The summed E-state index contributed by atoms with van der Waals surface area (Å²) in [7, 11) is -10.3. The summed E-state index contributed by atoms with van der Waals surface area (Å²) in [6.45, 7) is 0.302. The standard InChI is InChI=1S/C19H19F8NO10S/c1-10-7-13(39(23,24,25,26)27)8-12-9-14(16(19(20,21)22)38-15(10)12)17(29)36-11(2)37-18(30)34-5-3-33-4-6-35-28(31)32/h7-9,11,16H,3-6H2,1-2H3/t11?,16-/m0/s1. The second-order valence-corrected chi connectivity index (χ2v) is 10.0. The van der Waals surface area contributed by atoms with Crippen molar-refractivity contribution in [3.8, 4) is 5.75 Å². The van der Waals surface area contributed by atoms with Crippen molar-refractivity contribution in [1.82, 2.24) is 0 Å². The van der Waals surface area contributed by atoms with Crippen LogP contribution in [0.4, 0.5) is 37.4 Å². The largest absolute Gasteiger partial charge is 0.511 e. The maximum Gasteiger partial charge on any atom is 0.511 e. The van der Waals surface area contributed by atoms with Gasteiger partial charge in [-0.25, -0.2) is 9.59 Å². The van der Waals surface area contributed by atoms with Crippen LogP contribution in [0.1, 0.15) is 18.1 Å². The lowest BCUT2D eigenvalue weighted by molar-refractivity contribution is -0.758. The van der Waals surface area contributed by atoms with Gasteiger partial charge in [0.05, 0.1) is 18.8 Å². The third kappa shape index (κ3) is 9.30. The number of nitrogens with zero attached hydrogens (tertiary/aromatic N) is 1. The molecule has 222 valence electrons. The molecule has 2 rings (SSSR count). The highest BCUT2D eigenvalue weighted by atomic mass is 32.5. The number of ether oxygens (including phenoxy) is 5. The number of esters is 1. The highest BCUT2D eigenvalue weighted by Gasteiger charge is 2.65. The first-order valence-corrected chi connectivity index (χ1v) is 12.3. The Hall–Kier alpha value is -3.55. The van der Waals surface area contributed by atoms with Crippen molar-refractivity contribution >= 4 is 28.4 Å². The molecule has 1 aromatic rings. The van der Waals surface area contributed by atoms with Crippen LogP contribution in [0.25, 0.3) is 6.08 Å². The molecule has 11 nitrogen and oxygen atoms in total. The molecule has 39 heavy (non-hydrogen) atoms.